The average Bonchev–Trinajstić information content (AvgIpc) is 3.42. The zero-order valence-corrected chi connectivity index (χ0v) is 48.4. The molecule has 0 aromatic rings. The predicted molar refractivity (Wildman–Crippen MR) is 329 cm³/mol. The van der Waals surface area contributed by atoms with Gasteiger partial charge in [0.15, 0.2) is 6.10 Å². The van der Waals surface area contributed by atoms with Gasteiger partial charge in [-0.2, -0.15) is 0 Å². The van der Waals surface area contributed by atoms with Gasteiger partial charge >= 0.3 is 17.9 Å². The van der Waals surface area contributed by atoms with Gasteiger partial charge in [0.2, 0.25) is 0 Å². The van der Waals surface area contributed by atoms with Crippen LogP contribution in [0.25, 0.3) is 0 Å². The highest BCUT2D eigenvalue weighted by Crippen LogP contribution is 2.13. The van der Waals surface area contributed by atoms with Crippen LogP contribution in [-0.4, -0.2) is 37.2 Å². The van der Waals surface area contributed by atoms with E-state index < -0.39 is 6.10 Å². The number of esters is 3. The highest BCUT2D eigenvalue weighted by Gasteiger charge is 2.19. The van der Waals surface area contributed by atoms with Gasteiger partial charge in [-0.3, -0.25) is 14.4 Å². The van der Waals surface area contributed by atoms with Crippen molar-refractivity contribution in [1.29, 1.82) is 0 Å². The van der Waals surface area contributed by atoms with Crippen LogP contribution in [0.3, 0.4) is 0 Å². The van der Waals surface area contributed by atoms with E-state index in [9.17, 15) is 14.4 Å². The van der Waals surface area contributed by atoms with Crippen LogP contribution in [0.15, 0.2) is 170 Å². The van der Waals surface area contributed by atoms with Gasteiger partial charge in [-0.05, 0) is 135 Å². The molecule has 0 bridgehead atoms. The highest BCUT2D eigenvalue weighted by molar-refractivity contribution is 5.71. The number of allylic oxidation sites excluding steroid dienone is 28. The van der Waals surface area contributed by atoms with Gasteiger partial charge in [0.05, 0.1) is 0 Å². The molecule has 0 aromatic carbocycles. The smallest absolute Gasteiger partial charge is 0.306 e. The van der Waals surface area contributed by atoms with Crippen LogP contribution in [0.5, 0.6) is 0 Å². The second-order valence-electron chi connectivity index (χ2n) is 19.1. The molecule has 0 heterocycles. The fourth-order valence-electron chi connectivity index (χ4n) is 7.52. The quantitative estimate of drug-likeness (QED) is 0.0261. The molecule has 0 N–H and O–H groups in total. The molecular formula is C70H108O6. The van der Waals surface area contributed by atoms with Crippen molar-refractivity contribution in [2.45, 2.75) is 239 Å². The second kappa shape index (κ2) is 62.3. The summed E-state index contributed by atoms with van der Waals surface area (Å²) in [5, 5.41) is 0. The van der Waals surface area contributed by atoms with Crippen LogP contribution in [0.2, 0.25) is 0 Å². The Kier molecular flexibility index (Phi) is 58.0. The van der Waals surface area contributed by atoms with E-state index in [1.807, 2.05) is 0 Å². The molecule has 6 nitrogen and oxygen atoms in total. The third kappa shape index (κ3) is 59.6. The van der Waals surface area contributed by atoms with Crippen molar-refractivity contribution in [3.05, 3.63) is 170 Å². The molecule has 0 aliphatic carbocycles. The minimum Gasteiger partial charge on any atom is -0.462 e. The van der Waals surface area contributed by atoms with Gasteiger partial charge in [0.25, 0.3) is 0 Å². The molecule has 1 unspecified atom stereocenters. The van der Waals surface area contributed by atoms with E-state index in [4.69, 9.17) is 14.2 Å². The lowest BCUT2D eigenvalue weighted by atomic mass is 10.1. The van der Waals surface area contributed by atoms with E-state index in [0.29, 0.717) is 25.7 Å². The highest BCUT2D eigenvalue weighted by atomic mass is 16.6. The van der Waals surface area contributed by atoms with Crippen LogP contribution in [0, 0.1) is 0 Å². The first-order valence-electron chi connectivity index (χ1n) is 30.1. The van der Waals surface area contributed by atoms with Crippen molar-refractivity contribution in [2.24, 2.45) is 0 Å². The molecule has 0 aliphatic rings. The molecule has 1 atom stereocenters. The number of rotatable bonds is 52. The molecule has 424 valence electrons. The van der Waals surface area contributed by atoms with Crippen molar-refractivity contribution in [3.8, 4) is 0 Å². The number of carbonyl (C=O) groups excluding carboxylic acids is 3. The zero-order chi connectivity index (χ0) is 55.0. The molecule has 0 saturated carbocycles. The Hall–Kier alpha value is -5.23. The lowest BCUT2D eigenvalue weighted by molar-refractivity contribution is -0.167. The number of carbonyl (C=O) groups is 3. The van der Waals surface area contributed by atoms with Gasteiger partial charge in [-0.1, -0.05) is 249 Å². The third-order valence-corrected chi connectivity index (χ3v) is 12.0. The van der Waals surface area contributed by atoms with Crippen molar-refractivity contribution in [1.82, 2.24) is 0 Å². The molecule has 6 heteroatoms. The van der Waals surface area contributed by atoms with Crippen molar-refractivity contribution in [3.63, 3.8) is 0 Å². The Balaban J connectivity index is 4.27. The van der Waals surface area contributed by atoms with Gasteiger partial charge in [-0.15, -0.1) is 0 Å². The van der Waals surface area contributed by atoms with Gasteiger partial charge < -0.3 is 14.2 Å². The number of hydrogen-bond donors (Lipinski definition) is 0. The first kappa shape index (κ1) is 70.8. The van der Waals surface area contributed by atoms with Crippen LogP contribution in [-0.2, 0) is 28.6 Å². The molecule has 0 aromatic heterocycles. The number of hydrogen-bond acceptors (Lipinski definition) is 6. The standard InChI is InChI=1S/C70H108O6/c1-4-7-10-13-16-18-20-22-24-26-28-29-30-31-32-33-34-35-36-37-38-39-40-41-43-44-46-48-50-52-54-57-60-63-69(72)75-66-67(65-74-68(71)62-59-56-15-12-9-6-3)76-70(73)64-61-58-55-53-51-49-47-45-42-27-25-23-21-19-17-14-11-8-5-2/h7-8,10-11,16-19,22-25,28-29,31-32,34-35,37-38,40-42,44-46,50,52,67H,4-6,9,12-15,20-21,26-27,30,33,36,39,43,47-49,51,53-66H2,1-3H3/b10-7-,11-8-,18-16-,19-17-,24-22-,25-23-,29-28-,32-31-,35-34-,38-37-,41-40-,45-42-,46-44-,52-50-. The fourth-order valence-corrected chi connectivity index (χ4v) is 7.52. The molecule has 76 heavy (non-hydrogen) atoms. The van der Waals surface area contributed by atoms with Crippen LogP contribution in [0.4, 0.5) is 0 Å². The summed E-state index contributed by atoms with van der Waals surface area (Å²) in [5.41, 5.74) is 0. The minimum absolute atomic E-state index is 0.105. The van der Waals surface area contributed by atoms with Crippen LogP contribution >= 0.6 is 0 Å². The van der Waals surface area contributed by atoms with Crippen molar-refractivity contribution >= 4 is 17.9 Å². The van der Waals surface area contributed by atoms with E-state index in [1.165, 1.54) is 32.1 Å². The molecular weight excluding hydrogens is 937 g/mol. The first-order chi connectivity index (χ1) is 37.5. The third-order valence-electron chi connectivity index (χ3n) is 12.0. The maximum absolute atomic E-state index is 12.8. The van der Waals surface area contributed by atoms with E-state index in [1.54, 1.807) is 0 Å². The molecule has 0 fully saturated rings. The summed E-state index contributed by atoms with van der Waals surface area (Å²) in [6, 6.07) is 0. The van der Waals surface area contributed by atoms with Crippen LogP contribution < -0.4 is 0 Å². The lowest BCUT2D eigenvalue weighted by Crippen LogP contribution is -2.30. The second-order valence-corrected chi connectivity index (χ2v) is 19.1. The molecule has 0 radical (unpaired) electrons. The largest absolute Gasteiger partial charge is 0.462 e. The van der Waals surface area contributed by atoms with Gasteiger partial charge in [0, 0.05) is 19.3 Å². The zero-order valence-electron chi connectivity index (χ0n) is 48.4. The number of ether oxygens (including phenoxy) is 3. The summed E-state index contributed by atoms with van der Waals surface area (Å²) >= 11 is 0. The molecule has 0 spiro atoms. The summed E-state index contributed by atoms with van der Waals surface area (Å²) in [6.45, 7) is 6.28. The summed E-state index contributed by atoms with van der Waals surface area (Å²) in [6.07, 6.45) is 92.4. The van der Waals surface area contributed by atoms with E-state index >= 15 is 0 Å². The average molecular weight is 1050 g/mol. The first-order valence-corrected chi connectivity index (χ1v) is 30.1. The maximum atomic E-state index is 12.8. The van der Waals surface area contributed by atoms with Crippen molar-refractivity contribution in [2.75, 3.05) is 13.2 Å². The number of unbranched alkanes of at least 4 members (excludes halogenated alkanes) is 13. The summed E-state index contributed by atoms with van der Waals surface area (Å²) < 4.78 is 16.7. The topological polar surface area (TPSA) is 78.9 Å². The Morgan fingerprint density at radius 1 is 0.276 bits per heavy atom. The molecule has 0 saturated heterocycles. The molecule has 0 amide bonds. The fraction of sp³-hybridized carbons (Fsp3) is 0.557. The summed E-state index contributed by atoms with van der Waals surface area (Å²) in [4.78, 5) is 37.9. The Morgan fingerprint density at radius 2 is 0.513 bits per heavy atom. The lowest BCUT2D eigenvalue weighted by Gasteiger charge is -2.18. The Bertz CT molecular complexity index is 1770. The monoisotopic (exact) mass is 1040 g/mol. The normalized spacial score (nSPS) is 13.4. The van der Waals surface area contributed by atoms with Crippen molar-refractivity contribution < 1.29 is 28.6 Å². The van der Waals surface area contributed by atoms with Gasteiger partial charge in [-0.25, -0.2) is 0 Å². The molecule has 0 rings (SSSR count). The van der Waals surface area contributed by atoms with Gasteiger partial charge in [0.1, 0.15) is 13.2 Å². The SMILES string of the molecule is CC/C=C\C/C=C\C/C=C\C/C=C\C/C=C\C/C=C\C/C=C\C/C=C\C/C=C\C/C=C\CCCCC(=O)OCC(COC(=O)CCCCCCCC)OC(=O)CCCCCCCC/C=C\C/C=C\C/C=C\C/C=C\CC. The van der Waals surface area contributed by atoms with Crippen LogP contribution in [0.1, 0.15) is 233 Å². The summed E-state index contributed by atoms with van der Waals surface area (Å²) in [5.74, 6) is -0.985. The Morgan fingerprint density at radius 3 is 0.829 bits per heavy atom. The van der Waals surface area contributed by atoms with E-state index in [2.05, 4.69) is 191 Å². The minimum atomic E-state index is -0.809. The Labute approximate surface area is 466 Å². The van der Waals surface area contributed by atoms with E-state index in [0.717, 1.165) is 154 Å². The van der Waals surface area contributed by atoms with E-state index in [-0.39, 0.29) is 31.1 Å². The molecule has 0 aliphatic heterocycles. The predicted octanol–water partition coefficient (Wildman–Crippen LogP) is 20.7. The maximum Gasteiger partial charge on any atom is 0.306 e. The summed E-state index contributed by atoms with van der Waals surface area (Å²) in [7, 11) is 0.